The van der Waals surface area contributed by atoms with Gasteiger partial charge in [-0.2, -0.15) is 0 Å². The zero-order valence-electron chi connectivity index (χ0n) is 15.9. The summed E-state index contributed by atoms with van der Waals surface area (Å²) in [6, 6.07) is 13.8. The van der Waals surface area contributed by atoms with E-state index in [1.807, 2.05) is 0 Å². The number of amides is 1. The Kier molecular flexibility index (Phi) is 6.34. The molecule has 0 spiro atoms. The summed E-state index contributed by atoms with van der Waals surface area (Å²) in [5.41, 5.74) is 0.612. The summed E-state index contributed by atoms with van der Waals surface area (Å²) >= 11 is 1.29. The van der Waals surface area contributed by atoms with Crippen LogP contribution in [0.1, 0.15) is 26.0 Å². The van der Waals surface area contributed by atoms with Gasteiger partial charge in [-0.05, 0) is 60.3 Å². The number of ether oxygens (including phenoxy) is 1. The van der Waals surface area contributed by atoms with E-state index in [0.717, 1.165) is 6.07 Å². The highest BCUT2D eigenvalue weighted by Crippen LogP contribution is 2.32. The highest BCUT2D eigenvalue weighted by Gasteiger charge is 2.31. The van der Waals surface area contributed by atoms with E-state index in [9.17, 15) is 17.6 Å². The number of benzene rings is 2. The average molecular weight is 434 g/mol. The van der Waals surface area contributed by atoms with Crippen molar-refractivity contribution in [3.05, 3.63) is 81.8 Å². The fraction of sp³-hybridized carbons (Fsp3) is 0.190. The number of nitrogens with one attached hydrogen (secondary N) is 1. The van der Waals surface area contributed by atoms with Crippen LogP contribution >= 0.6 is 11.3 Å². The molecule has 0 aliphatic carbocycles. The Hall–Kier alpha value is -2.71. The fourth-order valence-corrected chi connectivity index (χ4v) is 5.72. The molecular weight excluding hydrogens is 413 g/mol. The fourth-order valence-electron chi connectivity index (χ4n) is 2.85. The molecule has 1 aromatic heterocycles. The van der Waals surface area contributed by atoms with Crippen LogP contribution in [-0.2, 0) is 9.84 Å². The van der Waals surface area contributed by atoms with E-state index in [2.05, 4.69) is 5.32 Å². The predicted octanol–water partition coefficient (Wildman–Crippen LogP) is 4.15. The van der Waals surface area contributed by atoms with E-state index >= 15 is 0 Å². The number of carbonyl (C=O) groups excluding carboxylic acids is 1. The number of hydrogen-bond acceptors (Lipinski definition) is 5. The molecule has 152 valence electrons. The van der Waals surface area contributed by atoms with E-state index in [-0.39, 0.29) is 17.0 Å². The Bertz CT molecular complexity index is 1110. The van der Waals surface area contributed by atoms with Gasteiger partial charge in [-0.15, -0.1) is 11.3 Å². The molecule has 3 rings (SSSR count). The van der Waals surface area contributed by atoms with Crippen LogP contribution in [-0.4, -0.2) is 28.0 Å². The second kappa shape index (κ2) is 8.75. The smallest absolute Gasteiger partial charge is 0.251 e. The lowest BCUT2D eigenvalue weighted by atomic mass is 10.2. The minimum atomic E-state index is -3.85. The van der Waals surface area contributed by atoms with E-state index in [4.69, 9.17) is 4.74 Å². The van der Waals surface area contributed by atoms with Gasteiger partial charge in [0.15, 0.2) is 9.84 Å². The third-order valence-corrected chi connectivity index (χ3v) is 7.69. The summed E-state index contributed by atoms with van der Waals surface area (Å²) < 4.78 is 45.2. The van der Waals surface area contributed by atoms with Gasteiger partial charge < -0.3 is 10.1 Å². The Morgan fingerprint density at radius 1 is 1.17 bits per heavy atom. The topological polar surface area (TPSA) is 72.5 Å². The molecule has 3 aromatic rings. The van der Waals surface area contributed by atoms with Crippen molar-refractivity contribution in [3.8, 4) is 5.75 Å². The molecule has 0 saturated heterocycles. The summed E-state index contributed by atoms with van der Waals surface area (Å²) in [5.74, 6) is -0.347. The van der Waals surface area contributed by atoms with Crippen LogP contribution in [0.25, 0.3) is 0 Å². The maximum absolute atomic E-state index is 13.6. The lowest BCUT2D eigenvalue weighted by Gasteiger charge is -2.18. The van der Waals surface area contributed by atoms with Gasteiger partial charge in [0.25, 0.3) is 5.91 Å². The molecule has 1 amide bonds. The van der Waals surface area contributed by atoms with E-state index in [1.54, 1.807) is 41.8 Å². The number of hydrogen-bond donors (Lipinski definition) is 1. The lowest BCUT2D eigenvalue weighted by Crippen LogP contribution is -2.31. The third-order valence-electron chi connectivity index (χ3n) is 4.47. The quantitative estimate of drug-likeness (QED) is 0.568. The van der Waals surface area contributed by atoms with Crippen molar-refractivity contribution in [3.63, 3.8) is 0 Å². The molecule has 0 bridgehead atoms. The zero-order valence-corrected chi connectivity index (χ0v) is 17.5. The minimum absolute atomic E-state index is 0.0189. The van der Waals surface area contributed by atoms with Gasteiger partial charge in [-0.25, -0.2) is 12.8 Å². The normalized spacial score (nSPS) is 12.4. The molecule has 0 aliphatic rings. The van der Waals surface area contributed by atoms with Crippen molar-refractivity contribution in [1.29, 1.82) is 0 Å². The minimum Gasteiger partial charge on any atom is -0.497 e. The molecule has 1 unspecified atom stereocenters. The standard InChI is InChI=1S/C21H20FNO4S2/c1-14-11-17(8-9-18(14)22)29(25,26)20(19-7-4-10-28-19)13-23-21(24)15-5-3-6-16(12-15)27-2/h3-12,20H,13H2,1-2H3,(H,23,24). The number of methoxy groups -OCH3 is 1. The second-order valence-electron chi connectivity index (χ2n) is 6.40. The molecule has 1 heterocycles. The first-order valence-electron chi connectivity index (χ1n) is 8.78. The van der Waals surface area contributed by atoms with Gasteiger partial charge in [0.2, 0.25) is 0 Å². The van der Waals surface area contributed by atoms with Gasteiger partial charge in [0.05, 0.1) is 12.0 Å². The van der Waals surface area contributed by atoms with Crippen LogP contribution < -0.4 is 10.1 Å². The molecule has 0 aliphatic heterocycles. The van der Waals surface area contributed by atoms with Crippen molar-refractivity contribution >= 4 is 27.1 Å². The van der Waals surface area contributed by atoms with Crippen LogP contribution in [0.3, 0.4) is 0 Å². The summed E-state index contributed by atoms with van der Waals surface area (Å²) in [5, 5.41) is 3.49. The van der Waals surface area contributed by atoms with Crippen LogP contribution in [0.5, 0.6) is 5.75 Å². The summed E-state index contributed by atoms with van der Waals surface area (Å²) in [6.45, 7) is 1.40. The maximum atomic E-state index is 13.6. The number of rotatable bonds is 7. The Labute approximate surface area is 173 Å². The SMILES string of the molecule is COc1cccc(C(=O)NCC(c2cccs2)S(=O)(=O)c2ccc(F)c(C)c2)c1. The average Bonchev–Trinajstić information content (AvgIpc) is 3.24. The number of halogens is 1. The highest BCUT2D eigenvalue weighted by molar-refractivity contribution is 7.91. The maximum Gasteiger partial charge on any atom is 0.251 e. The van der Waals surface area contributed by atoms with Gasteiger partial charge in [0.1, 0.15) is 16.8 Å². The van der Waals surface area contributed by atoms with Crippen molar-refractivity contribution in [2.75, 3.05) is 13.7 Å². The Balaban J connectivity index is 1.88. The van der Waals surface area contributed by atoms with Gasteiger partial charge in [0, 0.05) is 17.0 Å². The van der Waals surface area contributed by atoms with Crippen molar-refractivity contribution in [2.45, 2.75) is 17.1 Å². The Morgan fingerprint density at radius 3 is 2.62 bits per heavy atom. The van der Waals surface area contributed by atoms with Gasteiger partial charge in [-0.1, -0.05) is 12.1 Å². The molecule has 0 saturated carbocycles. The largest absolute Gasteiger partial charge is 0.497 e. The molecule has 8 heteroatoms. The lowest BCUT2D eigenvalue weighted by molar-refractivity contribution is 0.0953. The molecule has 1 atom stereocenters. The second-order valence-corrected chi connectivity index (χ2v) is 9.51. The molecule has 5 nitrogen and oxygen atoms in total. The summed E-state index contributed by atoms with van der Waals surface area (Å²) in [4.78, 5) is 13.2. The Morgan fingerprint density at radius 2 is 1.97 bits per heavy atom. The number of sulfone groups is 1. The first kappa shape index (κ1) is 21.0. The third kappa shape index (κ3) is 4.65. The first-order chi connectivity index (χ1) is 13.8. The van der Waals surface area contributed by atoms with E-state index < -0.39 is 26.8 Å². The predicted molar refractivity (Wildman–Crippen MR) is 111 cm³/mol. The molecular formula is C21H20FNO4S2. The van der Waals surface area contributed by atoms with Crippen LogP contribution in [0, 0.1) is 12.7 Å². The molecule has 1 N–H and O–H groups in total. The molecule has 2 aromatic carbocycles. The van der Waals surface area contributed by atoms with Crippen LogP contribution in [0.4, 0.5) is 4.39 Å². The van der Waals surface area contributed by atoms with E-state index in [1.165, 1.54) is 37.5 Å². The van der Waals surface area contributed by atoms with Crippen molar-refractivity contribution in [2.24, 2.45) is 0 Å². The summed E-state index contributed by atoms with van der Waals surface area (Å²) in [7, 11) is -2.35. The van der Waals surface area contributed by atoms with Crippen molar-refractivity contribution < 1.29 is 22.3 Å². The molecule has 0 fully saturated rings. The summed E-state index contributed by atoms with van der Waals surface area (Å²) in [6.07, 6.45) is 0. The monoisotopic (exact) mass is 433 g/mol. The highest BCUT2D eigenvalue weighted by atomic mass is 32.2. The first-order valence-corrected chi connectivity index (χ1v) is 11.2. The van der Waals surface area contributed by atoms with E-state index in [0.29, 0.717) is 16.2 Å². The molecule has 29 heavy (non-hydrogen) atoms. The van der Waals surface area contributed by atoms with Gasteiger partial charge >= 0.3 is 0 Å². The number of thiophene rings is 1. The van der Waals surface area contributed by atoms with Crippen LogP contribution in [0.2, 0.25) is 0 Å². The zero-order chi connectivity index (χ0) is 21.0. The molecule has 0 radical (unpaired) electrons. The number of aryl methyl sites for hydroxylation is 1. The van der Waals surface area contributed by atoms with Crippen LogP contribution in [0.15, 0.2) is 64.9 Å². The number of carbonyl (C=O) groups is 1. The van der Waals surface area contributed by atoms with Gasteiger partial charge in [-0.3, -0.25) is 4.79 Å². The van der Waals surface area contributed by atoms with Crippen molar-refractivity contribution in [1.82, 2.24) is 5.32 Å².